The predicted octanol–water partition coefficient (Wildman–Crippen LogP) is 3.14. The second kappa shape index (κ2) is 9.63. The van der Waals surface area contributed by atoms with Gasteiger partial charge in [-0.05, 0) is 30.3 Å². The molecule has 3 heterocycles. The van der Waals surface area contributed by atoms with E-state index in [9.17, 15) is 9.59 Å². The summed E-state index contributed by atoms with van der Waals surface area (Å²) in [5.41, 5.74) is 8.15. The lowest BCUT2D eigenvalue weighted by Gasteiger charge is -2.36. The highest BCUT2D eigenvalue weighted by Gasteiger charge is 2.24. The number of H-pyrrole nitrogens is 1. The van der Waals surface area contributed by atoms with Crippen molar-refractivity contribution in [2.45, 2.75) is 0 Å². The summed E-state index contributed by atoms with van der Waals surface area (Å²) in [6.45, 7) is 2.53. The summed E-state index contributed by atoms with van der Waals surface area (Å²) >= 11 is 6.00. The maximum Gasteiger partial charge on any atom is 0.270 e. The van der Waals surface area contributed by atoms with Gasteiger partial charge >= 0.3 is 0 Å². The number of nitrogens with one attached hydrogen (secondary N) is 2. The SMILES string of the molecule is NC(=O)CNc1nc(-c2ccccc2)nc2[nH]c(C(=O)N3CCN(c4ccc(Cl)cc4)CC3)cc12. The first kappa shape index (κ1) is 22.7. The summed E-state index contributed by atoms with van der Waals surface area (Å²) in [6, 6.07) is 18.9. The third-order valence-corrected chi connectivity index (χ3v) is 6.19. The van der Waals surface area contributed by atoms with E-state index in [2.05, 4.69) is 25.2 Å². The van der Waals surface area contributed by atoms with E-state index in [1.165, 1.54) is 0 Å². The van der Waals surface area contributed by atoms with Gasteiger partial charge in [0.2, 0.25) is 5.91 Å². The zero-order valence-corrected chi connectivity index (χ0v) is 19.6. The Morgan fingerprint density at radius 2 is 1.71 bits per heavy atom. The molecule has 2 amide bonds. The number of hydrogen-bond donors (Lipinski definition) is 3. The number of aromatic amines is 1. The van der Waals surface area contributed by atoms with Crippen LogP contribution in [0.5, 0.6) is 0 Å². The molecule has 10 heteroatoms. The molecule has 0 atom stereocenters. The summed E-state index contributed by atoms with van der Waals surface area (Å²) in [5.74, 6) is 0.294. The van der Waals surface area contributed by atoms with Crippen molar-refractivity contribution in [2.75, 3.05) is 42.9 Å². The van der Waals surface area contributed by atoms with E-state index < -0.39 is 5.91 Å². The van der Waals surface area contributed by atoms with Crippen LogP contribution >= 0.6 is 11.6 Å². The number of nitrogens with two attached hydrogens (primary N) is 1. The highest BCUT2D eigenvalue weighted by molar-refractivity contribution is 6.30. The van der Waals surface area contributed by atoms with Crippen molar-refractivity contribution in [1.82, 2.24) is 19.9 Å². The van der Waals surface area contributed by atoms with Crippen molar-refractivity contribution in [2.24, 2.45) is 5.73 Å². The fourth-order valence-electron chi connectivity index (χ4n) is 4.14. The van der Waals surface area contributed by atoms with E-state index in [1.807, 2.05) is 59.5 Å². The van der Waals surface area contributed by atoms with Gasteiger partial charge in [-0.15, -0.1) is 0 Å². The molecule has 0 bridgehead atoms. The Bertz CT molecular complexity index is 1360. The molecule has 0 saturated carbocycles. The maximum absolute atomic E-state index is 13.3. The average molecular weight is 490 g/mol. The lowest BCUT2D eigenvalue weighted by atomic mass is 10.2. The molecule has 1 aliphatic heterocycles. The first-order valence-corrected chi connectivity index (χ1v) is 11.6. The smallest absolute Gasteiger partial charge is 0.270 e. The number of halogens is 1. The number of rotatable bonds is 6. The molecule has 5 rings (SSSR count). The molecular formula is C25H24ClN7O2. The normalized spacial score (nSPS) is 13.7. The Balaban J connectivity index is 1.39. The van der Waals surface area contributed by atoms with Gasteiger partial charge in [0.15, 0.2) is 5.82 Å². The Morgan fingerprint density at radius 1 is 1.00 bits per heavy atom. The van der Waals surface area contributed by atoms with Crippen molar-refractivity contribution in [1.29, 1.82) is 0 Å². The summed E-state index contributed by atoms with van der Waals surface area (Å²) in [5, 5.41) is 4.29. The van der Waals surface area contributed by atoms with Gasteiger partial charge in [0, 0.05) is 42.5 Å². The number of benzene rings is 2. The number of fused-ring (bicyclic) bond motifs is 1. The Labute approximate surface area is 206 Å². The fraction of sp³-hybridized carbons (Fsp3) is 0.200. The molecule has 2 aromatic heterocycles. The average Bonchev–Trinajstić information content (AvgIpc) is 3.32. The van der Waals surface area contributed by atoms with E-state index in [-0.39, 0.29) is 12.5 Å². The third-order valence-electron chi connectivity index (χ3n) is 5.94. The minimum absolute atomic E-state index is 0.0819. The highest BCUT2D eigenvalue weighted by Crippen LogP contribution is 2.27. The first-order valence-electron chi connectivity index (χ1n) is 11.3. The van der Waals surface area contributed by atoms with Crippen LogP contribution in [0, 0.1) is 0 Å². The van der Waals surface area contributed by atoms with E-state index in [0.717, 1.165) is 24.3 Å². The quantitative estimate of drug-likeness (QED) is 0.382. The van der Waals surface area contributed by atoms with E-state index in [1.54, 1.807) is 6.07 Å². The molecule has 4 aromatic rings. The molecule has 178 valence electrons. The molecule has 1 saturated heterocycles. The van der Waals surface area contributed by atoms with Crippen LogP contribution in [0.15, 0.2) is 60.7 Å². The van der Waals surface area contributed by atoms with Crippen LogP contribution in [-0.4, -0.2) is 64.4 Å². The lowest BCUT2D eigenvalue weighted by Crippen LogP contribution is -2.48. The van der Waals surface area contributed by atoms with Gasteiger partial charge in [-0.2, -0.15) is 0 Å². The van der Waals surface area contributed by atoms with Crippen LogP contribution in [-0.2, 0) is 4.79 Å². The molecule has 0 unspecified atom stereocenters. The molecule has 0 spiro atoms. The van der Waals surface area contributed by atoms with Gasteiger partial charge in [0.25, 0.3) is 5.91 Å². The van der Waals surface area contributed by atoms with Gasteiger partial charge < -0.3 is 25.8 Å². The Morgan fingerprint density at radius 3 is 2.40 bits per heavy atom. The van der Waals surface area contributed by atoms with E-state index in [0.29, 0.717) is 46.5 Å². The van der Waals surface area contributed by atoms with Crippen LogP contribution in [0.25, 0.3) is 22.4 Å². The molecular weight excluding hydrogens is 466 g/mol. The number of carbonyl (C=O) groups excluding carboxylic acids is 2. The van der Waals surface area contributed by atoms with Crippen molar-refractivity contribution in [3.05, 3.63) is 71.4 Å². The zero-order chi connectivity index (χ0) is 24.4. The molecule has 0 radical (unpaired) electrons. The van der Waals surface area contributed by atoms with E-state index >= 15 is 0 Å². The molecule has 0 aliphatic carbocycles. The van der Waals surface area contributed by atoms with Gasteiger partial charge in [0.1, 0.15) is 17.2 Å². The maximum atomic E-state index is 13.3. The van der Waals surface area contributed by atoms with Gasteiger partial charge in [-0.1, -0.05) is 41.9 Å². The second-order valence-corrected chi connectivity index (χ2v) is 8.72. The third kappa shape index (κ3) is 4.90. The van der Waals surface area contributed by atoms with Crippen molar-refractivity contribution >= 4 is 46.0 Å². The molecule has 4 N–H and O–H groups in total. The van der Waals surface area contributed by atoms with E-state index in [4.69, 9.17) is 17.3 Å². The minimum Gasteiger partial charge on any atom is -0.368 e. The van der Waals surface area contributed by atoms with Crippen LogP contribution in [0.4, 0.5) is 11.5 Å². The molecule has 2 aromatic carbocycles. The topological polar surface area (TPSA) is 120 Å². The van der Waals surface area contributed by atoms with Crippen LogP contribution in [0.2, 0.25) is 5.02 Å². The standard InChI is InChI=1S/C25H24ClN7O2/c26-17-6-8-18(9-7-17)32-10-12-33(13-11-32)25(35)20-14-19-23(28-15-21(27)34)30-22(31-24(19)29-20)16-4-2-1-3-5-16/h1-9,14H,10-13,15H2,(H2,27,34)(H2,28,29,30,31). The molecule has 9 nitrogen and oxygen atoms in total. The van der Waals surface area contributed by atoms with Crippen LogP contribution in [0.3, 0.4) is 0 Å². The highest BCUT2D eigenvalue weighted by atomic mass is 35.5. The van der Waals surface area contributed by atoms with Crippen molar-refractivity contribution in [3.8, 4) is 11.4 Å². The number of carbonyl (C=O) groups is 2. The summed E-state index contributed by atoms with van der Waals surface area (Å²) in [7, 11) is 0. The van der Waals surface area contributed by atoms with Crippen LogP contribution in [0.1, 0.15) is 10.5 Å². The molecule has 35 heavy (non-hydrogen) atoms. The summed E-state index contributed by atoms with van der Waals surface area (Å²) in [6.07, 6.45) is 0. The largest absolute Gasteiger partial charge is 0.368 e. The number of amides is 2. The number of primary amides is 1. The fourth-order valence-corrected chi connectivity index (χ4v) is 4.26. The van der Waals surface area contributed by atoms with Gasteiger partial charge in [0.05, 0.1) is 11.9 Å². The number of anilines is 2. The molecule has 1 fully saturated rings. The van der Waals surface area contributed by atoms with Crippen molar-refractivity contribution in [3.63, 3.8) is 0 Å². The van der Waals surface area contributed by atoms with Crippen molar-refractivity contribution < 1.29 is 9.59 Å². The summed E-state index contributed by atoms with van der Waals surface area (Å²) in [4.78, 5) is 41.1. The van der Waals surface area contributed by atoms with Gasteiger partial charge in [-0.25, -0.2) is 9.97 Å². The number of piperazine rings is 1. The van der Waals surface area contributed by atoms with Crippen LogP contribution < -0.4 is 16.0 Å². The van der Waals surface area contributed by atoms with Gasteiger partial charge in [-0.3, -0.25) is 9.59 Å². The first-order chi connectivity index (χ1) is 17.0. The lowest BCUT2D eigenvalue weighted by molar-refractivity contribution is -0.116. The number of nitrogens with zero attached hydrogens (tertiary/aromatic N) is 4. The number of aromatic nitrogens is 3. The minimum atomic E-state index is -0.511. The Hall–Kier alpha value is -4.11. The monoisotopic (exact) mass is 489 g/mol. The summed E-state index contributed by atoms with van der Waals surface area (Å²) < 4.78 is 0. The Kier molecular flexibility index (Phi) is 6.24. The second-order valence-electron chi connectivity index (χ2n) is 8.28. The molecule has 1 aliphatic rings. The predicted molar refractivity (Wildman–Crippen MR) is 137 cm³/mol. The number of hydrogen-bond acceptors (Lipinski definition) is 6. The zero-order valence-electron chi connectivity index (χ0n) is 18.9.